The van der Waals surface area contributed by atoms with Crippen molar-refractivity contribution >= 4 is 21.6 Å². The van der Waals surface area contributed by atoms with E-state index in [4.69, 9.17) is 0 Å². The summed E-state index contributed by atoms with van der Waals surface area (Å²) in [5.41, 5.74) is 0.262. The maximum atomic E-state index is 10.6. The first kappa shape index (κ1) is 11.7. The van der Waals surface area contributed by atoms with Crippen molar-refractivity contribution < 1.29 is 10.0 Å². The highest BCUT2D eigenvalue weighted by molar-refractivity contribution is 9.10. The Bertz CT molecular complexity index is 415. The first-order chi connectivity index (χ1) is 7.06. The van der Waals surface area contributed by atoms with Gasteiger partial charge in [0.2, 0.25) is 0 Å². The molecule has 1 aromatic rings. The van der Waals surface area contributed by atoms with Crippen LogP contribution < -0.4 is 0 Å². The van der Waals surface area contributed by atoms with E-state index >= 15 is 0 Å². The van der Waals surface area contributed by atoms with Crippen LogP contribution >= 0.6 is 15.9 Å². The summed E-state index contributed by atoms with van der Waals surface area (Å²) >= 11 is 3.17. The van der Waals surface area contributed by atoms with Crippen molar-refractivity contribution in [1.82, 2.24) is 0 Å². The first-order valence-electron chi connectivity index (χ1n) is 4.33. The summed E-state index contributed by atoms with van der Waals surface area (Å²) in [7, 11) is 0. The summed E-state index contributed by atoms with van der Waals surface area (Å²) < 4.78 is 0.589. The largest absolute Gasteiger partial charge is 0.502 e. The van der Waals surface area contributed by atoms with Gasteiger partial charge in [-0.25, -0.2) is 0 Å². The Labute approximate surface area is 95.5 Å². The molecule has 0 atom stereocenters. The van der Waals surface area contributed by atoms with Crippen molar-refractivity contribution in [2.75, 3.05) is 0 Å². The summed E-state index contributed by atoms with van der Waals surface area (Å²) in [4.78, 5) is 10.0. The minimum atomic E-state index is -0.598. The van der Waals surface area contributed by atoms with E-state index in [9.17, 15) is 15.2 Å². The Morgan fingerprint density at radius 1 is 1.60 bits per heavy atom. The molecule has 0 bridgehead atoms. The summed E-state index contributed by atoms with van der Waals surface area (Å²) in [5.74, 6) is -0.263. The second-order valence-corrected chi connectivity index (χ2v) is 3.88. The van der Waals surface area contributed by atoms with Crippen molar-refractivity contribution in [2.45, 2.75) is 13.3 Å². The van der Waals surface area contributed by atoms with Crippen LogP contribution in [0.4, 0.5) is 5.69 Å². The second kappa shape index (κ2) is 4.93. The lowest BCUT2D eigenvalue weighted by atomic mass is 10.1. The molecular weight excluding hydrogens is 262 g/mol. The molecule has 0 spiro atoms. The molecule has 15 heavy (non-hydrogen) atoms. The molecule has 0 aromatic heterocycles. The van der Waals surface area contributed by atoms with Crippen molar-refractivity contribution in [3.05, 3.63) is 44.4 Å². The van der Waals surface area contributed by atoms with Crippen LogP contribution in [-0.2, 0) is 6.42 Å². The number of hydrogen-bond donors (Lipinski definition) is 1. The third-order valence-corrected chi connectivity index (χ3v) is 2.36. The van der Waals surface area contributed by atoms with Gasteiger partial charge in [0.25, 0.3) is 0 Å². The van der Waals surface area contributed by atoms with E-state index in [2.05, 4.69) is 15.9 Å². The number of aromatic hydroxyl groups is 1. The van der Waals surface area contributed by atoms with Crippen LogP contribution in [0, 0.1) is 10.1 Å². The predicted octanol–water partition coefficient (Wildman–Crippen LogP) is 3.18. The topological polar surface area (TPSA) is 63.4 Å². The van der Waals surface area contributed by atoms with Gasteiger partial charge in [0.1, 0.15) is 0 Å². The maximum Gasteiger partial charge on any atom is 0.312 e. The molecule has 0 heterocycles. The van der Waals surface area contributed by atoms with Crippen LogP contribution in [-0.4, -0.2) is 10.0 Å². The number of halogens is 1. The van der Waals surface area contributed by atoms with E-state index < -0.39 is 4.92 Å². The molecule has 1 aromatic carbocycles. The van der Waals surface area contributed by atoms with Crippen LogP contribution in [0.25, 0.3) is 0 Å². The number of nitro groups is 1. The number of nitrogens with zero attached hydrogens (tertiary/aromatic N) is 1. The second-order valence-electron chi connectivity index (χ2n) is 2.96. The van der Waals surface area contributed by atoms with Gasteiger partial charge in [0, 0.05) is 16.1 Å². The number of benzene rings is 1. The molecule has 5 heteroatoms. The summed E-state index contributed by atoms with van der Waals surface area (Å²) in [6.45, 7) is 1.85. The smallest absolute Gasteiger partial charge is 0.312 e. The normalized spacial score (nSPS) is 10.8. The zero-order valence-electron chi connectivity index (χ0n) is 8.11. The van der Waals surface area contributed by atoms with Crippen molar-refractivity contribution in [3.63, 3.8) is 0 Å². The molecule has 0 amide bonds. The van der Waals surface area contributed by atoms with Gasteiger partial charge in [0.05, 0.1) is 4.92 Å². The predicted molar refractivity (Wildman–Crippen MR) is 61.0 cm³/mol. The highest BCUT2D eigenvalue weighted by atomic mass is 79.9. The number of phenolic OH excluding ortho intramolecular Hbond substituents is 1. The Kier molecular flexibility index (Phi) is 3.85. The van der Waals surface area contributed by atoms with Crippen molar-refractivity contribution in [1.29, 1.82) is 0 Å². The molecule has 0 fully saturated rings. The standard InChI is InChI=1S/C10H10BrNO3/c1-2-3-4-7-5-8(11)6-9(10(7)13)12(14)15/h2-3,5-6,13H,4H2,1H3. The molecule has 4 nitrogen and oxygen atoms in total. The monoisotopic (exact) mass is 271 g/mol. The van der Waals surface area contributed by atoms with Crippen LogP contribution in [0.5, 0.6) is 5.75 Å². The minimum absolute atomic E-state index is 0.263. The zero-order chi connectivity index (χ0) is 11.4. The van der Waals surface area contributed by atoms with Gasteiger partial charge in [-0.05, 0) is 19.4 Å². The van der Waals surface area contributed by atoms with E-state index in [1.165, 1.54) is 6.07 Å². The average Bonchev–Trinajstić information content (AvgIpc) is 2.18. The molecule has 80 valence electrons. The van der Waals surface area contributed by atoms with Crippen LogP contribution in [0.1, 0.15) is 12.5 Å². The molecular formula is C10H10BrNO3. The van der Waals surface area contributed by atoms with Crippen LogP contribution in [0.3, 0.4) is 0 Å². The first-order valence-corrected chi connectivity index (χ1v) is 5.12. The highest BCUT2D eigenvalue weighted by Gasteiger charge is 2.17. The summed E-state index contributed by atoms with van der Waals surface area (Å²) in [6.07, 6.45) is 4.13. The van der Waals surface area contributed by atoms with Crippen LogP contribution in [0.15, 0.2) is 28.8 Å². The third-order valence-electron chi connectivity index (χ3n) is 1.90. The third kappa shape index (κ3) is 2.79. The number of nitro benzene ring substituents is 1. The molecule has 0 aliphatic heterocycles. The Balaban J connectivity index is 3.21. The minimum Gasteiger partial charge on any atom is -0.502 e. The van der Waals surface area contributed by atoms with Crippen LogP contribution in [0.2, 0.25) is 0 Å². The number of allylic oxidation sites excluding steroid dienone is 2. The fourth-order valence-electron chi connectivity index (χ4n) is 1.18. The molecule has 1 N–H and O–H groups in total. The quantitative estimate of drug-likeness (QED) is 0.522. The number of hydrogen-bond acceptors (Lipinski definition) is 3. The number of phenols is 1. The summed E-state index contributed by atoms with van der Waals surface area (Å²) in [6, 6.07) is 2.96. The summed E-state index contributed by atoms with van der Waals surface area (Å²) in [5, 5.41) is 20.2. The zero-order valence-corrected chi connectivity index (χ0v) is 9.69. The van der Waals surface area contributed by atoms with Gasteiger partial charge < -0.3 is 5.11 Å². The molecule has 0 unspecified atom stereocenters. The molecule has 0 radical (unpaired) electrons. The number of rotatable bonds is 3. The van der Waals surface area contributed by atoms with Gasteiger partial charge in [-0.2, -0.15) is 0 Å². The fraction of sp³-hybridized carbons (Fsp3) is 0.200. The lowest BCUT2D eigenvalue weighted by Gasteiger charge is -2.03. The van der Waals surface area contributed by atoms with Crippen molar-refractivity contribution in [3.8, 4) is 5.75 Å². The molecule has 0 aliphatic rings. The lowest BCUT2D eigenvalue weighted by Crippen LogP contribution is -1.92. The van der Waals surface area contributed by atoms with E-state index in [0.717, 1.165) is 0 Å². The Morgan fingerprint density at radius 3 is 2.80 bits per heavy atom. The van der Waals surface area contributed by atoms with E-state index in [-0.39, 0.29) is 11.4 Å². The van der Waals surface area contributed by atoms with Crippen molar-refractivity contribution in [2.24, 2.45) is 0 Å². The van der Waals surface area contributed by atoms with Gasteiger partial charge >= 0.3 is 5.69 Å². The lowest BCUT2D eigenvalue weighted by molar-refractivity contribution is -0.386. The van der Waals surface area contributed by atoms with Gasteiger partial charge in [-0.15, -0.1) is 0 Å². The average molecular weight is 272 g/mol. The molecule has 0 saturated carbocycles. The van der Waals surface area contributed by atoms with Gasteiger partial charge in [-0.3, -0.25) is 10.1 Å². The molecule has 0 aliphatic carbocycles. The van der Waals surface area contributed by atoms with Gasteiger partial charge in [-0.1, -0.05) is 28.1 Å². The fourth-order valence-corrected chi connectivity index (χ4v) is 1.67. The van der Waals surface area contributed by atoms with E-state index in [0.29, 0.717) is 16.5 Å². The SMILES string of the molecule is CC=CCc1cc(Br)cc([N+](=O)[O-])c1O. The highest BCUT2D eigenvalue weighted by Crippen LogP contribution is 2.33. The molecule has 0 saturated heterocycles. The molecule has 1 rings (SSSR count). The Morgan fingerprint density at radius 2 is 2.27 bits per heavy atom. The van der Waals surface area contributed by atoms with E-state index in [1.807, 2.05) is 19.1 Å². The van der Waals surface area contributed by atoms with Gasteiger partial charge in [0.15, 0.2) is 5.75 Å². The maximum absolute atomic E-state index is 10.6. The van der Waals surface area contributed by atoms with E-state index in [1.54, 1.807) is 6.07 Å². The Hall–Kier alpha value is -1.36.